The van der Waals surface area contributed by atoms with Crippen molar-refractivity contribution < 1.29 is 23.9 Å². The van der Waals surface area contributed by atoms with Crippen LogP contribution in [-0.4, -0.2) is 65.4 Å². The summed E-state index contributed by atoms with van der Waals surface area (Å²) in [4.78, 5) is 57.6. The van der Waals surface area contributed by atoms with E-state index in [4.69, 9.17) is 19.5 Å². The van der Waals surface area contributed by atoms with Gasteiger partial charge in [0.15, 0.2) is 0 Å². The second-order valence-corrected chi connectivity index (χ2v) is 16.2. The Morgan fingerprint density at radius 2 is 1.68 bits per heavy atom. The Labute approximate surface area is 333 Å². The second kappa shape index (κ2) is 17.9. The first-order chi connectivity index (χ1) is 26.9. The third-order valence-corrected chi connectivity index (χ3v) is 12.7. The number of likely N-dealkylation sites (tertiary alicyclic amines) is 1. The van der Waals surface area contributed by atoms with Crippen molar-refractivity contribution in [3.05, 3.63) is 67.3 Å². The number of piperidine rings is 1. The second-order valence-electron chi connectivity index (χ2n) is 16.2. The highest BCUT2D eigenvalue weighted by molar-refractivity contribution is 6.23. The van der Waals surface area contributed by atoms with Crippen LogP contribution < -0.4 is 16.0 Å². The summed E-state index contributed by atoms with van der Waals surface area (Å²) < 4.78 is 11.6. The number of nitrogens with zero attached hydrogens (tertiary/aromatic N) is 3. The van der Waals surface area contributed by atoms with Crippen molar-refractivity contribution in [2.45, 2.75) is 138 Å². The van der Waals surface area contributed by atoms with Gasteiger partial charge in [-0.1, -0.05) is 66.2 Å². The molecule has 0 saturated carbocycles. The molecule has 5 atom stereocenters. The highest BCUT2D eigenvalue weighted by atomic mass is 16.5. The van der Waals surface area contributed by atoms with Gasteiger partial charge in [0.1, 0.15) is 0 Å². The van der Waals surface area contributed by atoms with Gasteiger partial charge in [0.2, 0.25) is 5.91 Å². The highest BCUT2D eigenvalue weighted by Crippen LogP contribution is 2.44. The van der Waals surface area contributed by atoms with E-state index in [2.05, 4.69) is 77.0 Å². The van der Waals surface area contributed by atoms with Crippen LogP contribution in [-0.2, 0) is 23.9 Å². The fourth-order valence-corrected chi connectivity index (χ4v) is 9.24. The smallest absolute Gasteiger partial charge is 0.305 e. The van der Waals surface area contributed by atoms with Crippen LogP contribution in [0.2, 0.25) is 0 Å². The van der Waals surface area contributed by atoms with E-state index in [0.29, 0.717) is 30.8 Å². The number of imide groups is 1. The number of hydrogen-bond donors (Lipinski definition) is 2. The number of aromatic nitrogens is 1. The first-order valence-electron chi connectivity index (χ1n) is 21.2. The first-order valence-corrected chi connectivity index (χ1v) is 21.2. The van der Waals surface area contributed by atoms with Crippen molar-refractivity contribution in [2.24, 2.45) is 27.7 Å². The Hall–Kier alpha value is -4.31. The highest BCUT2D eigenvalue weighted by Gasteiger charge is 2.52. The molecule has 3 unspecified atom stereocenters. The number of H-pyrrole nitrogens is 1. The lowest BCUT2D eigenvalue weighted by molar-refractivity contribution is -0.148. The number of rotatable bonds is 16. The van der Waals surface area contributed by atoms with E-state index in [-0.39, 0.29) is 42.1 Å². The predicted octanol–water partition coefficient (Wildman–Crippen LogP) is 7.35. The number of nitrogens with one attached hydrogen (secondary N) is 2. The number of fused-ring (bicyclic) bond motifs is 5. The number of ether oxygens (including phenoxy) is 2. The van der Waals surface area contributed by atoms with Crippen molar-refractivity contribution in [2.75, 3.05) is 20.3 Å². The molecule has 1 aromatic heterocycles. The molecule has 1 fully saturated rings. The molecular formula is C46H63N5O5. The molecule has 1 aromatic rings. The van der Waals surface area contributed by atoms with E-state index in [9.17, 15) is 14.4 Å². The zero-order valence-corrected chi connectivity index (χ0v) is 35.2. The minimum atomic E-state index is -0.583. The average Bonchev–Trinajstić information content (AvgIpc) is 3.86. The van der Waals surface area contributed by atoms with E-state index in [1.807, 2.05) is 6.92 Å². The van der Waals surface area contributed by atoms with Crippen LogP contribution in [0.4, 0.5) is 0 Å². The molecule has 0 spiro atoms. The van der Waals surface area contributed by atoms with E-state index in [1.54, 1.807) is 0 Å². The minimum absolute atomic E-state index is 0.111. The number of hydrogen-bond acceptors (Lipinski definition) is 8. The lowest BCUT2D eigenvalue weighted by Crippen LogP contribution is -2.55. The lowest BCUT2D eigenvalue weighted by atomic mass is 9.79. The van der Waals surface area contributed by atoms with Crippen LogP contribution in [0.15, 0.2) is 55.4 Å². The molecule has 10 nitrogen and oxygen atoms in total. The maximum atomic E-state index is 14.8. The summed E-state index contributed by atoms with van der Waals surface area (Å²) in [7, 11) is 1.40. The summed E-state index contributed by atoms with van der Waals surface area (Å²) in [6.07, 6.45) is 16.0. The molecule has 302 valence electrons. The van der Waals surface area contributed by atoms with Gasteiger partial charge in [-0.3, -0.25) is 24.3 Å². The number of aromatic amines is 1. The van der Waals surface area contributed by atoms with Crippen LogP contribution in [0, 0.1) is 24.7 Å². The normalized spacial score (nSPS) is 27.0. The van der Waals surface area contributed by atoms with Crippen LogP contribution in [0.3, 0.4) is 0 Å². The van der Waals surface area contributed by atoms with Crippen molar-refractivity contribution in [1.29, 1.82) is 0 Å². The van der Waals surface area contributed by atoms with Gasteiger partial charge in [0.05, 0.1) is 47.9 Å². The Balaban J connectivity index is 1.59. The van der Waals surface area contributed by atoms with Gasteiger partial charge < -0.3 is 19.8 Å². The maximum absolute atomic E-state index is 14.8. The molecule has 5 aliphatic rings. The largest absolute Gasteiger partial charge is 0.469 e. The van der Waals surface area contributed by atoms with E-state index < -0.39 is 12.0 Å². The molecule has 2 N–H and O–H groups in total. The summed E-state index contributed by atoms with van der Waals surface area (Å²) in [5.41, 5.74) is 9.90. The molecule has 0 aliphatic carbocycles. The molecule has 5 aliphatic heterocycles. The van der Waals surface area contributed by atoms with Crippen LogP contribution in [0.1, 0.15) is 136 Å². The van der Waals surface area contributed by atoms with Crippen molar-refractivity contribution in [3.63, 3.8) is 0 Å². The number of amides is 2. The summed E-state index contributed by atoms with van der Waals surface area (Å²) in [6.45, 7) is 18.1. The van der Waals surface area contributed by atoms with Gasteiger partial charge in [-0.2, -0.15) is 0 Å². The number of aliphatic imine (C=N–C) groups is 2. The number of unbranched alkanes of at least 4 members (excludes halogenated alkanes) is 6. The standard InChI is InChI=1S/C46H63N5O5/c1-10-13-15-17-21-51-45(53)41-29(7)36-24-37-31(12-3)26(4)33(47-37)25-38-40(30(8)56-22-18-16-14-11-2)28(6)35(48-38)23-34-27(5)32(19-20-39(52)55-9)43(49-34)42(46(51)54)44(41)50-36/h23-25,27,30,32,41,44,48,50H,10-22H2,1-9H3/b35-23-,37-24-,38-25-,43-42+/t27-,30?,32-,41?,44?/m0/s1. The molecule has 8 bridgehead atoms. The van der Waals surface area contributed by atoms with Gasteiger partial charge in [-0.05, 0) is 93.9 Å². The number of methoxy groups -OCH3 is 1. The van der Waals surface area contributed by atoms with Gasteiger partial charge >= 0.3 is 5.97 Å². The summed E-state index contributed by atoms with van der Waals surface area (Å²) in [5, 5.41) is 5.54. The van der Waals surface area contributed by atoms with Gasteiger partial charge in [-0.15, -0.1) is 0 Å². The molecule has 2 amide bonds. The number of allylic oxidation sites excluding steroid dienone is 4. The van der Waals surface area contributed by atoms with Gasteiger partial charge in [0.25, 0.3) is 5.91 Å². The summed E-state index contributed by atoms with van der Waals surface area (Å²) in [5.74, 6) is -1.66. The van der Waals surface area contributed by atoms with Gasteiger partial charge in [-0.25, -0.2) is 4.99 Å². The predicted molar refractivity (Wildman–Crippen MR) is 223 cm³/mol. The SMILES string of the molecule is CCCCCCOC(C)c1c(C)/c2[nH]/c1=C\C1=NC(=C\C3=C(C)C4C(=O)N(CCCCCC)C(=O)/C(=C5N=C(\C=2)[C@@H](C)[C@@H]/5CCC(=O)OC)C4N3)/C(CC)=C1C. The number of carbonyl (C=O) groups is 3. The fraction of sp³-hybridized carbons (Fsp3) is 0.587. The van der Waals surface area contributed by atoms with Crippen molar-refractivity contribution >= 4 is 41.4 Å². The number of carbonyl (C=O) groups excluding carboxylic acids is 3. The molecule has 1 saturated heterocycles. The average molecular weight is 766 g/mol. The topological polar surface area (TPSA) is 125 Å². The molecule has 0 aromatic carbocycles. The molecule has 6 rings (SSSR count). The molecule has 56 heavy (non-hydrogen) atoms. The third kappa shape index (κ3) is 7.95. The first kappa shape index (κ1) is 41.3. The Bertz CT molecular complexity index is 2060. The fourth-order valence-electron chi connectivity index (χ4n) is 9.24. The Morgan fingerprint density at radius 3 is 2.38 bits per heavy atom. The Kier molecular flexibility index (Phi) is 13.2. The molecular weight excluding hydrogens is 703 g/mol. The number of esters is 1. The minimum Gasteiger partial charge on any atom is -0.469 e. The van der Waals surface area contributed by atoms with E-state index >= 15 is 0 Å². The summed E-state index contributed by atoms with van der Waals surface area (Å²) in [6, 6.07) is -0.583. The van der Waals surface area contributed by atoms with Crippen LogP contribution in [0.25, 0.3) is 12.2 Å². The van der Waals surface area contributed by atoms with Crippen molar-refractivity contribution in [1.82, 2.24) is 15.2 Å². The maximum Gasteiger partial charge on any atom is 0.305 e. The monoisotopic (exact) mass is 765 g/mol. The third-order valence-electron chi connectivity index (χ3n) is 12.7. The molecule has 0 radical (unpaired) electrons. The zero-order chi connectivity index (χ0) is 40.3. The molecule has 6 heterocycles. The quantitative estimate of drug-likeness (QED) is 0.103. The summed E-state index contributed by atoms with van der Waals surface area (Å²) >= 11 is 0. The van der Waals surface area contributed by atoms with E-state index in [0.717, 1.165) is 106 Å². The van der Waals surface area contributed by atoms with Crippen LogP contribution in [0.5, 0.6) is 0 Å². The Morgan fingerprint density at radius 1 is 0.946 bits per heavy atom. The van der Waals surface area contributed by atoms with Gasteiger partial charge in [0, 0.05) is 59.1 Å². The zero-order valence-electron chi connectivity index (χ0n) is 35.2. The lowest BCUT2D eigenvalue weighted by Gasteiger charge is -2.37. The molecule has 10 heteroatoms. The van der Waals surface area contributed by atoms with Crippen LogP contribution >= 0.6 is 0 Å². The van der Waals surface area contributed by atoms with E-state index in [1.165, 1.54) is 24.9 Å². The van der Waals surface area contributed by atoms with Crippen molar-refractivity contribution in [3.8, 4) is 0 Å².